The third-order valence-electron chi connectivity index (χ3n) is 1.79. The molecule has 0 saturated carbocycles. The molecule has 0 fully saturated rings. The first-order valence-electron chi connectivity index (χ1n) is 3.84. The Hall–Kier alpha value is -1.42. The standard InChI is InChI=1S/C9H13NO3/c1-12-7-3-6(5-11)4-8(13-2)9(7)10/h3-4,11H,5,10H2,1-2H3. The van der Waals surface area contributed by atoms with Crippen molar-refractivity contribution >= 4 is 5.69 Å². The van der Waals surface area contributed by atoms with Crippen molar-refractivity contribution in [3.63, 3.8) is 0 Å². The SMILES string of the molecule is COc1cc(CO)cc(OC)c1N. The molecule has 0 spiro atoms. The van der Waals surface area contributed by atoms with E-state index in [9.17, 15) is 0 Å². The van der Waals surface area contributed by atoms with Crippen molar-refractivity contribution in [1.29, 1.82) is 0 Å². The molecular weight excluding hydrogens is 170 g/mol. The topological polar surface area (TPSA) is 64.7 Å². The lowest BCUT2D eigenvalue weighted by molar-refractivity contribution is 0.280. The van der Waals surface area contributed by atoms with Crippen LogP contribution in [0.2, 0.25) is 0 Å². The van der Waals surface area contributed by atoms with E-state index < -0.39 is 0 Å². The van der Waals surface area contributed by atoms with Crippen LogP contribution in [0.3, 0.4) is 0 Å². The molecule has 0 aliphatic heterocycles. The molecular formula is C9H13NO3. The number of nitrogens with two attached hydrogens (primary N) is 1. The zero-order valence-corrected chi connectivity index (χ0v) is 7.70. The number of ether oxygens (including phenoxy) is 2. The van der Waals surface area contributed by atoms with Gasteiger partial charge in [0.2, 0.25) is 0 Å². The molecule has 4 heteroatoms. The van der Waals surface area contributed by atoms with E-state index in [-0.39, 0.29) is 6.61 Å². The van der Waals surface area contributed by atoms with Crippen molar-refractivity contribution in [3.05, 3.63) is 17.7 Å². The third-order valence-corrected chi connectivity index (χ3v) is 1.79. The monoisotopic (exact) mass is 183 g/mol. The van der Waals surface area contributed by atoms with Crippen LogP contribution in [0.25, 0.3) is 0 Å². The summed E-state index contributed by atoms with van der Waals surface area (Å²) in [6.07, 6.45) is 0. The summed E-state index contributed by atoms with van der Waals surface area (Å²) in [5.41, 5.74) is 6.85. The van der Waals surface area contributed by atoms with E-state index in [2.05, 4.69) is 0 Å². The van der Waals surface area contributed by atoms with Gasteiger partial charge in [0.25, 0.3) is 0 Å². The molecule has 1 aromatic carbocycles. The summed E-state index contributed by atoms with van der Waals surface area (Å²) in [4.78, 5) is 0. The molecule has 0 saturated heterocycles. The fourth-order valence-electron chi connectivity index (χ4n) is 1.08. The predicted octanol–water partition coefficient (Wildman–Crippen LogP) is 0.778. The Balaban J connectivity index is 3.20. The first-order valence-corrected chi connectivity index (χ1v) is 3.84. The maximum Gasteiger partial charge on any atom is 0.145 e. The second-order valence-corrected chi connectivity index (χ2v) is 2.57. The maximum atomic E-state index is 8.92. The highest BCUT2D eigenvalue weighted by atomic mass is 16.5. The summed E-state index contributed by atoms with van der Waals surface area (Å²) >= 11 is 0. The molecule has 3 N–H and O–H groups in total. The van der Waals surface area contributed by atoms with Crippen molar-refractivity contribution in [2.24, 2.45) is 0 Å². The Morgan fingerprint density at radius 1 is 1.23 bits per heavy atom. The van der Waals surface area contributed by atoms with Crippen molar-refractivity contribution in [3.8, 4) is 11.5 Å². The summed E-state index contributed by atoms with van der Waals surface area (Å²) in [6.45, 7) is -0.0625. The largest absolute Gasteiger partial charge is 0.494 e. The number of hydrogen-bond donors (Lipinski definition) is 2. The number of aliphatic hydroxyl groups is 1. The van der Waals surface area contributed by atoms with Crippen molar-refractivity contribution in [2.45, 2.75) is 6.61 Å². The Kier molecular flexibility index (Phi) is 2.97. The van der Waals surface area contributed by atoms with Crippen LogP contribution < -0.4 is 15.2 Å². The van der Waals surface area contributed by atoms with Crippen LogP contribution in [0, 0.1) is 0 Å². The summed E-state index contributed by atoms with van der Waals surface area (Å²) in [7, 11) is 3.04. The fraction of sp³-hybridized carbons (Fsp3) is 0.333. The fourth-order valence-corrected chi connectivity index (χ4v) is 1.08. The Morgan fingerprint density at radius 3 is 2.00 bits per heavy atom. The third kappa shape index (κ3) is 1.84. The molecule has 0 aliphatic rings. The number of rotatable bonds is 3. The van der Waals surface area contributed by atoms with Crippen LogP contribution >= 0.6 is 0 Å². The van der Waals surface area contributed by atoms with Gasteiger partial charge in [0.15, 0.2) is 0 Å². The average Bonchev–Trinajstić information content (AvgIpc) is 2.18. The highest BCUT2D eigenvalue weighted by molar-refractivity contribution is 5.64. The van der Waals surface area contributed by atoms with Crippen LogP contribution in [-0.2, 0) is 6.61 Å². The summed E-state index contributed by atoms with van der Waals surface area (Å²) in [5.74, 6) is 1.03. The first-order chi connectivity index (χ1) is 6.22. The van der Waals surface area contributed by atoms with Gasteiger partial charge in [-0.25, -0.2) is 0 Å². The zero-order valence-electron chi connectivity index (χ0n) is 7.70. The van der Waals surface area contributed by atoms with Gasteiger partial charge in [0, 0.05) is 0 Å². The lowest BCUT2D eigenvalue weighted by atomic mass is 10.2. The van der Waals surface area contributed by atoms with Gasteiger partial charge in [-0.2, -0.15) is 0 Å². The van der Waals surface area contributed by atoms with E-state index in [4.69, 9.17) is 20.3 Å². The predicted molar refractivity (Wildman–Crippen MR) is 49.9 cm³/mol. The number of hydrogen-bond acceptors (Lipinski definition) is 4. The minimum Gasteiger partial charge on any atom is -0.494 e. The molecule has 13 heavy (non-hydrogen) atoms. The molecule has 0 heterocycles. The molecule has 1 rings (SSSR count). The molecule has 0 aromatic heterocycles. The molecule has 1 aromatic rings. The lowest BCUT2D eigenvalue weighted by Crippen LogP contribution is -1.98. The Bertz CT molecular complexity index is 274. The number of aliphatic hydroxyl groups excluding tert-OH is 1. The van der Waals surface area contributed by atoms with Gasteiger partial charge in [-0.05, 0) is 17.7 Å². The van der Waals surface area contributed by atoms with Crippen molar-refractivity contribution in [2.75, 3.05) is 20.0 Å². The molecule has 72 valence electrons. The number of methoxy groups -OCH3 is 2. The molecule has 0 atom stereocenters. The summed E-state index contributed by atoms with van der Waals surface area (Å²) in [5, 5.41) is 8.92. The lowest BCUT2D eigenvalue weighted by Gasteiger charge is -2.10. The van der Waals surface area contributed by atoms with Crippen LogP contribution in [0.5, 0.6) is 11.5 Å². The van der Waals surface area contributed by atoms with Gasteiger partial charge < -0.3 is 20.3 Å². The van der Waals surface area contributed by atoms with Crippen LogP contribution in [-0.4, -0.2) is 19.3 Å². The van der Waals surface area contributed by atoms with Crippen LogP contribution in [0.4, 0.5) is 5.69 Å². The van der Waals surface area contributed by atoms with Gasteiger partial charge in [-0.1, -0.05) is 0 Å². The van der Waals surface area contributed by atoms with Crippen LogP contribution in [0.15, 0.2) is 12.1 Å². The van der Waals surface area contributed by atoms with Gasteiger partial charge in [-0.3, -0.25) is 0 Å². The molecule has 0 amide bonds. The van der Waals surface area contributed by atoms with Gasteiger partial charge in [0.1, 0.15) is 17.2 Å². The van der Waals surface area contributed by atoms with Crippen molar-refractivity contribution in [1.82, 2.24) is 0 Å². The maximum absolute atomic E-state index is 8.92. The van der Waals surface area contributed by atoms with E-state index >= 15 is 0 Å². The van der Waals surface area contributed by atoms with E-state index in [1.54, 1.807) is 12.1 Å². The molecule has 0 unspecified atom stereocenters. The van der Waals surface area contributed by atoms with E-state index in [1.165, 1.54) is 14.2 Å². The zero-order chi connectivity index (χ0) is 9.84. The smallest absolute Gasteiger partial charge is 0.145 e. The summed E-state index contributed by atoms with van der Waals surface area (Å²) < 4.78 is 10.0. The minimum absolute atomic E-state index is 0.0625. The van der Waals surface area contributed by atoms with E-state index in [0.717, 1.165) is 0 Å². The minimum atomic E-state index is -0.0625. The van der Waals surface area contributed by atoms with Crippen molar-refractivity contribution < 1.29 is 14.6 Å². The Morgan fingerprint density at radius 2 is 1.69 bits per heavy atom. The molecule has 0 radical (unpaired) electrons. The van der Waals surface area contributed by atoms with E-state index in [0.29, 0.717) is 22.7 Å². The number of benzene rings is 1. The summed E-state index contributed by atoms with van der Waals surface area (Å²) in [6, 6.07) is 3.36. The molecule has 0 bridgehead atoms. The molecule has 0 aliphatic carbocycles. The number of anilines is 1. The Labute approximate surface area is 76.9 Å². The van der Waals surface area contributed by atoms with Gasteiger partial charge in [0.05, 0.1) is 20.8 Å². The van der Waals surface area contributed by atoms with Gasteiger partial charge >= 0.3 is 0 Å². The first kappa shape index (κ1) is 9.67. The highest BCUT2D eigenvalue weighted by Crippen LogP contribution is 2.32. The second kappa shape index (κ2) is 4.00. The average molecular weight is 183 g/mol. The second-order valence-electron chi connectivity index (χ2n) is 2.57. The normalized spacial score (nSPS) is 9.77. The van der Waals surface area contributed by atoms with E-state index in [1.807, 2.05) is 0 Å². The quantitative estimate of drug-likeness (QED) is 0.679. The van der Waals surface area contributed by atoms with Crippen LogP contribution in [0.1, 0.15) is 5.56 Å². The molecule has 4 nitrogen and oxygen atoms in total. The highest BCUT2D eigenvalue weighted by Gasteiger charge is 2.07. The van der Waals surface area contributed by atoms with Gasteiger partial charge in [-0.15, -0.1) is 0 Å². The number of nitrogen functional groups attached to an aromatic ring is 1.